The lowest BCUT2D eigenvalue weighted by molar-refractivity contribution is -0.129. The Hall–Kier alpha value is -1.05. The van der Waals surface area contributed by atoms with E-state index < -0.39 is 0 Å². The van der Waals surface area contributed by atoms with E-state index in [4.69, 9.17) is 0 Å². The number of carbonyl (C=O) groups is 1. The lowest BCUT2D eigenvalue weighted by atomic mass is 9.92. The van der Waals surface area contributed by atoms with Crippen LogP contribution in [0.5, 0.6) is 0 Å². The molecule has 0 saturated carbocycles. The zero-order valence-corrected chi connectivity index (χ0v) is 7.23. The van der Waals surface area contributed by atoms with Crippen molar-refractivity contribution >= 4 is 5.91 Å². The standard InChI is InChI=1S/C10H13NO/c1-2-11-7-8-5-3-4-6-9(8)10(11)12/h3-6,8-9H,2,7H2,1H3. The number of allylic oxidation sites excluding steroid dienone is 2. The minimum Gasteiger partial charge on any atom is -0.342 e. The number of hydrogen-bond donors (Lipinski definition) is 0. The van der Waals surface area contributed by atoms with Gasteiger partial charge in [-0.15, -0.1) is 0 Å². The maximum Gasteiger partial charge on any atom is 0.230 e. The van der Waals surface area contributed by atoms with Crippen LogP contribution in [-0.4, -0.2) is 23.9 Å². The summed E-state index contributed by atoms with van der Waals surface area (Å²) in [6.45, 7) is 3.77. The Morgan fingerprint density at radius 1 is 1.50 bits per heavy atom. The summed E-state index contributed by atoms with van der Waals surface area (Å²) in [5.74, 6) is 0.862. The number of carbonyl (C=O) groups excluding carboxylic acids is 1. The summed E-state index contributed by atoms with van der Waals surface area (Å²) < 4.78 is 0. The zero-order chi connectivity index (χ0) is 8.55. The smallest absolute Gasteiger partial charge is 0.230 e. The SMILES string of the molecule is CCN1CC2C=CC=CC2C1=O. The highest BCUT2D eigenvalue weighted by Gasteiger charge is 2.36. The summed E-state index contributed by atoms with van der Waals surface area (Å²) in [5.41, 5.74) is 0. The van der Waals surface area contributed by atoms with Gasteiger partial charge in [-0.3, -0.25) is 4.79 Å². The number of likely N-dealkylation sites (tertiary alicyclic amines) is 1. The number of hydrogen-bond acceptors (Lipinski definition) is 1. The molecule has 0 bridgehead atoms. The summed E-state index contributed by atoms with van der Waals surface area (Å²) in [5, 5.41) is 0. The predicted molar refractivity (Wildman–Crippen MR) is 47.5 cm³/mol. The van der Waals surface area contributed by atoms with Crippen LogP contribution in [0.3, 0.4) is 0 Å². The van der Waals surface area contributed by atoms with Crippen molar-refractivity contribution in [1.29, 1.82) is 0 Å². The molecular weight excluding hydrogens is 150 g/mol. The van der Waals surface area contributed by atoms with E-state index in [0.29, 0.717) is 11.8 Å². The van der Waals surface area contributed by atoms with Crippen LogP contribution in [0.25, 0.3) is 0 Å². The van der Waals surface area contributed by atoms with Gasteiger partial charge in [0, 0.05) is 19.0 Å². The van der Waals surface area contributed by atoms with Crippen LogP contribution in [-0.2, 0) is 4.79 Å². The zero-order valence-electron chi connectivity index (χ0n) is 7.23. The van der Waals surface area contributed by atoms with Gasteiger partial charge in [-0.25, -0.2) is 0 Å². The van der Waals surface area contributed by atoms with E-state index in [1.807, 2.05) is 30.1 Å². The van der Waals surface area contributed by atoms with Crippen molar-refractivity contribution in [3.8, 4) is 0 Å². The third-order valence-electron chi connectivity index (χ3n) is 2.66. The molecule has 1 heterocycles. The second kappa shape index (κ2) is 2.77. The molecule has 0 spiro atoms. The van der Waals surface area contributed by atoms with Crippen molar-refractivity contribution in [2.45, 2.75) is 6.92 Å². The number of amides is 1. The third kappa shape index (κ3) is 0.986. The highest BCUT2D eigenvalue weighted by Crippen LogP contribution is 2.29. The molecule has 0 N–H and O–H groups in total. The van der Waals surface area contributed by atoms with E-state index >= 15 is 0 Å². The molecule has 0 aromatic heterocycles. The van der Waals surface area contributed by atoms with Crippen LogP contribution in [0.2, 0.25) is 0 Å². The molecule has 0 radical (unpaired) electrons. The molecule has 1 saturated heterocycles. The van der Waals surface area contributed by atoms with Crippen molar-refractivity contribution in [2.75, 3.05) is 13.1 Å². The number of nitrogens with zero attached hydrogens (tertiary/aromatic N) is 1. The minimum absolute atomic E-state index is 0.134. The Morgan fingerprint density at radius 2 is 2.25 bits per heavy atom. The highest BCUT2D eigenvalue weighted by molar-refractivity contribution is 5.83. The Morgan fingerprint density at radius 3 is 2.92 bits per heavy atom. The average Bonchev–Trinajstić information content (AvgIpc) is 2.44. The monoisotopic (exact) mass is 163 g/mol. The van der Waals surface area contributed by atoms with Crippen molar-refractivity contribution in [1.82, 2.24) is 4.90 Å². The van der Waals surface area contributed by atoms with Crippen LogP contribution in [0, 0.1) is 11.8 Å². The van der Waals surface area contributed by atoms with Crippen LogP contribution in [0.4, 0.5) is 0 Å². The van der Waals surface area contributed by atoms with Gasteiger partial charge in [-0.05, 0) is 6.92 Å². The van der Waals surface area contributed by atoms with Crippen molar-refractivity contribution in [2.24, 2.45) is 11.8 Å². The lowest BCUT2D eigenvalue weighted by Gasteiger charge is -2.11. The van der Waals surface area contributed by atoms with Gasteiger partial charge in [0.15, 0.2) is 0 Å². The first-order valence-electron chi connectivity index (χ1n) is 4.46. The first-order valence-corrected chi connectivity index (χ1v) is 4.46. The molecule has 0 aromatic carbocycles. The third-order valence-corrected chi connectivity index (χ3v) is 2.66. The van der Waals surface area contributed by atoms with Gasteiger partial charge in [0.2, 0.25) is 5.91 Å². The Kier molecular flexibility index (Phi) is 1.75. The molecule has 1 aliphatic carbocycles. The molecule has 1 fully saturated rings. The molecule has 2 aliphatic rings. The molecule has 1 amide bonds. The van der Waals surface area contributed by atoms with Crippen LogP contribution in [0.1, 0.15) is 6.92 Å². The predicted octanol–water partition coefficient (Wildman–Crippen LogP) is 1.21. The van der Waals surface area contributed by atoms with Gasteiger partial charge in [0.1, 0.15) is 0 Å². The van der Waals surface area contributed by atoms with Crippen molar-refractivity contribution < 1.29 is 4.79 Å². The summed E-state index contributed by atoms with van der Waals surface area (Å²) in [7, 11) is 0. The lowest BCUT2D eigenvalue weighted by Crippen LogP contribution is -2.26. The quantitative estimate of drug-likeness (QED) is 0.569. The van der Waals surface area contributed by atoms with Gasteiger partial charge in [-0.1, -0.05) is 24.3 Å². The summed E-state index contributed by atoms with van der Waals surface area (Å²) in [6, 6.07) is 0. The normalized spacial score (nSPS) is 32.8. The Bertz CT molecular complexity index is 255. The van der Waals surface area contributed by atoms with E-state index in [9.17, 15) is 4.79 Å². The molecule has 2 atom stereocenters. The fourth-order valence-electron chi connectivity index (χ4n) is 1.93. The summed E-state index contributed by atoms with van der Waals surface area (Å²) in [6.07, 6.45) is 8.16. The van der Waals surface area contributed by atoms with E-state index in [0.717, 1.165) is 13.1 Å². The van der Waals surface area contributed by atoms with Gasteiger partial charge in [0.25, 0.3) is 0 Å². The van der Waals surface area contributed by atoms with Gasteiger partial charge < -0.3 is 4.90 Å². The van der Waals surface area contributed by atoms with E-state index in [1.54, 1.807) is 0 Å². The summed E-state index contributed by atoms with van der Waals surface area (Å²) >= 11 is 0. The van der Waals surface area contributed by atoms with Crippen LogP contribution in [0.15, 0.2) is 24.3 Å². The van der Waals surface area contributed by atoms with Crippen molar-refractivity contribution in [3.05, 3.63) is 24.3 Å². The molecule has 2 unspecified atom stereocenters. The molecule has 64 valence electrons. The number of rotatable bonds is 1. The average molecular weight is 163 g/mol. The van der Waals surface area contributed by atoms with Gasteiger partial charge in [0.05, 0.1) is 5.92 Å². The number of fused-ring (bicyclic) bond motifs is 1. The van der Waals surface area contributed by atoms with E-state index in [2.05, 4.69) is 6.08 Å². The first kappa shape index (κ1) is 7.59. The second-order valence-electron chi connectivity index (χ2n) is 3.34. The maximum atomic E-state index is 11.6. The fourth-order valence-corrected chi connectivity index (χ4v) is 1.93. The van der Waals surface area contributed by atoms with E-state index in [1.165, 1.54) is 0 Å². The molecular formula is C10H13NO. The molecule has 1 aliphatic heterocycles. The van der Waals surface area contributed by atoms with Crippen LogP contribution < -0.4 is 0 Å². The Labute approximate surface area is 72.6 Å². The van der Waals surface area contributed by atoms with Gasteiger partial charge >= 0.3 is 0 Å². The molecule has 2 rings (SSSR count). The molecule has 2 heteroatoms. The van der Waals surface area contributed by atoms with Crippen molar-refractivity contribution in [3.63, 3.8) is 0 Å². The maximum absolute atomic E-state index is 11.6. The molecule has 12 heavy (non-hydrogen) atoms. The first-order chi connectivity index (χ1) is 5.83. The topological polar surface area (TPSA) is 20.3 Å². The summed E-state index contributed by atoms with van der Waals surface area (Å²) in [4.78, 5) is 13.5. The largest absolute Gasteiger partial charge is 0.342 e. The highest BCUT2D eigenvalue weighted by atomic mass is 16.2. The fraction of sp³-hybridized carbons (Fsp3) is 0.500. The second-order valence-corrected chi connectivity index (χ2v) is 3.34. The van der Waals surface area contributed by atoms with Crippen LogP contribution >= 0.6 is 0 Å². The molecule has 2 nitrogen and oxygen atoms in total. The minimum atomic E-state index is 0.134. The molecule has 0 aromatic rings. The Balaban J connectivity index is 2.21. The van der Waals surface area contributed by atoms with Gasteiger partial charge in [-0.2, -0.15) is 0 Å². The van der Waals surface area contributed by atoms with E-state index in [-0.39, 0.29) is 5.92 Å².